The molecule has 4 nitrogen and oxygen atoms in total. The van der Waals surface area contributed by atoms with Crippen LogP contribution < -0.4 is 15.2 Å². The number of hydrogen-bond donors (Lipinski definition) is 1. The average Bonchev–Trinajstić information content (AvgIpc) is 2.98. The summed E-state index contributed by atoms with van der Waals surface area (Å²) in [5, 5.41) is 0. The minimum absolute atomic E-state index is 0.0250. The van der Waals surface area contributed by atoms with E-state index in [2.05, 4.69) is 0 Å². The predicted molar refractivity (Wildman–Crippen MR) is 58.4 cm³/mol. The molecule has 0 aromatic heterocycles. The molecule has 0 spiro atoms. The standard InChI is InChI=1S/C12H15NO3/c13-12(9-3-4-14-6-9)8-1-2-10-11(5-8)16-7-15-10/h1-2,5,9,12H,3-4,6-7,13H2. The molecule has 0 bridgehead atoms. The quantitative estimate of drug-likeness (QED) is 0.821. The maximum absolute atomic E-state index is 6.22. The van der Waals surface area contributed by atoms with Crippen molar-refractivity contribution in [3.05, 3.63) is 23.8 Å². The van der Waals surface area contributed by atoms with E-state index < -0.39 is 0 Å². The van der Waals surface area contributed by atoms with Gasteiger partial charge in [0.2, 0.25) is 6.79 Å². The largest absolute Gasteiger partial charge is 0.454 e. The topological polar surface area (TPSA) is 53.7 Å². The molecule has 1 aromatic rings. The van der Waals surface area contributed by atoms with Crippen LogP contribution in [0.1, 0.15) is 18.0 Å². The normalized spacial score (nSPS) is 24.7. The summed E-state index contributed by atoms with van der Waals surface area (Å²) in [5.41, 5.74) is 7.31. The first-order valence-corrected chi connectivity index (χ1v) is 5.57. The van der Waals surface area contributed by atoms with Gasteiger partial charge in [-0.2, -0.15) is 0 Å². The first-order valence-electron chi connectivity index (χ1n) is 5.57. The Kier molecular flexibility index (Phi) is 2.46. The molecule has 16 heavy (non-hydrogen) atoms. The predicted octanol–water partition coefficient (Wildman–Crippen LogP) is 1.45. The molecule has 2 N–H and O–H groups in total. The van der Waals surface area contributed by atoms with Gasteiger partial charge >= 0.3 is 0 Å². The molecule has 2 heterocycles. The van der Waals surface area contributed by atoms with E-state index in [-0.39, 0.29) is 6.04 Å². The zero-order valence-corrected chi connectivity index (χ0v) is 9.02. The van der Waals surface area contributed by atoms with Gasteiger partial charge in [-0.3, -0.25) is 0 Å². The van der Waals surface area contributed by atoms with Crippen molar-refractivity contribution in [2.45, 2.75) is 12.5 Å². The molecule has 0 radical (unpaired) electrons. The van der Waals surface area contributed by atoms with Gasteiger partial charge in [0.25, 0.3) is 0 Å². The molecule has 0 amide bonds. The Morgan fingerprint density at radius 1 is 1.25 bits per heavy atom. The van der Waals surface area contributed by atoms with E-state index in [1.165, 1.54) is 0 Å². The van der Waals surface area contributed by atoms with Crippen molar-refractivity contribution in [3.8, 4) is 11.5 Å². The van der Waals surface area contributed by atoms with Crippen molar-refractivity contribution in [2.75, 3.05) is 20.0 Å². The van der Waals surface area contributed by atoms with Crippen LogP contribution in [0.3, 0.4) is 0 Å². The van der Waals surface area contributed by atoms with Gasteiger partial charge in [0.05, 0.1) is 6.61 Å². The first-order chi connectivity index (χ1) is 7.84. The van der Waals surface area contributed by atoms with Gasteiger partial charge in [-0.05, 0) is 24.1 Å². The lowest BCUT2D eigenvalue weighted by Crippen LogP contribution is -2.21. The van der Waals surface area contributed by atoms with Gasteiger partial charge in [-0.1, -0.05) is 6.07 Å². The van der Waals surface area contributed by atoms with Crippen LogP contribution in [0, 0.1) is 5.92 Å². The van der Waals surface area contributed by atoms with E-state index in [1.807, 2.05) is 18.2 Å². The molecule has 2 atom stereocenters. The minimum atomic E-state index is 0.0250. The third kappa shape index (κ3) is 1.64. The molecule has 1 fully saturated rings. The fourth-order valence-electron chi connectivity index (χ4n) is 2.23. The third-order valence-corrected chi connectivity index (χ3v) is 3.25. The molecule has 0 saturated carbocycles. The summed E-state index contributed by atoms with van der Waals surface area (Å²) >= 11 is 0. The van der Waals surface area contributed by atoms with Crippen LogP contribution in [0.25, 0.3) is 0 Å². The Labute approximate surface area is 94.3 Å². The molecular weight excluding hydrogens is 206 g/mol. The third-order valence-electron chi connectivity index (χ3n) is 3.25. The summed E-state index contributed by atoms with van der Waals surface area (Å²) in [7, 11) is 0. The Morgan fingerprint density at radius 3 is 2.94 bits per heavy atom. The van der Waals surface area contributed by atoms with Gasteiger partial charge in [0.1, 0.15) is 0 Å². The van der Waals surface area contributed by atoms with Crippen LogP contribution in [-0.4, -0.2) is 20.0 Å². The smallest absolute Gasteiger partial charge is 0.231 e. The van der Waals surface area contributed by atoms with E-state index in [4.69, 9.17) is 19.9 Å². The minimum Gasteiger partial charge on any atom is -0.454 e. The highest BCUT2D eigenvalue weighted by Crippen LogP contribution is 2.36. The van der Waals surface area contributed by atoms with E-state index in [9.17, 15) is 0 Å². The summed E-state index contributed by atoms with van der Waals surface area (Å²) in [6, 6.07) is 5.94. The molecule has 1 saturated heterocycles. The highest BCUT2D eigenvalue weighted by atomic mass is 16.7. The Balaban J connectivity index is 1.83. The molecule has 2 aliphatic heterocycles. The van der Waals surface area contributed by atoms with Crippen molar-refractivity contribution in [2.24, 2.45) is 11.7 Å². The lowest BCUT2D eigenvalue weighted by Gasteiger charge is -2.18. The number of nitrogens with two attached hydrogens (primary N) is 1. The van der Waals surface area contributed by atoms with Gasteiger partial charge in [0, 0.05) is 18.6 Å². The maximum atomic E-state index is 6.22. The van der Waals surface area contributed by atoms with Gasteiger partial charge in [0.15, 0.2) is 11.5 Å². The van der Waals surface area contributed by atoms with Crippen molar-refractivity contribution < 1.29 is 14.2 Å². The summed E-state index contributed by atoms with van der Waals surface area (Å²) in [4.78, 5) is 0. The van der Waals surface area contributed by atoms with Crippen molar-refractivity contribution in [3.63, 3.8) is 0 Å². The van der Waals surface area contributed by atoms with Crippen LogP contribution in [-0.2, 0) is 4.74 Å². The van der Waals surface area contributed by atoms with E-state index in [0.717, 1.165) is 36.7 Å². The molecule has 3 rings (SSSR count). The number of ether oxygens (including phenoxy) is 3. The second-order valence-corrected chi connectivity index (χ2v) is 4.26. The van der Waals surface area contributed by atoms with Crippen LogP contribution >= 0.6 is 0 Å². The summed E-state index contributed by atoms with van der Waals surface area (Å²) < 4.78 is 16.0. The highest BCUT2D eigenvalue weighted by Gasteiger charge is 2.25. The number of benzene rings is 1. The van der Waals surface area contributed by atoms with Crippen LogP contribution in [0.4, 0.5) is 0 Å². The Morgan fingerprint density at radius 2 is 2.12 bits per heavy atom. The van der Waals surface area contributed by atoms with Crippen molar-refractivity contribution in [1.82, 2.24) is 0 Å². The van der Waals surface area contributed by atoms with Gasteiger partial charge in [-0.15, -0.1) is 0 Å². The second-order valence-electron chi connectivity index (χ2n) is 4.26. The lowest BCUT2D eigenvalue weighted by atomic mass is 9.93. The van der Waals surface area contributed by atoms with Gasteiger partial charge in [-0.25, -0.2) is 0 Å². The van der Waals surface area contributed by atoms with Crippen LogP contribution in [0.5, 0.6) is 11.5 Å². The molecule has 2 unspecified atom stereocenters. The SMILES string of the molecule is NC(c1ccc2c(c1)OCO2)C1CCOC1. The van der Waals surface area contributed by atoms with Crippen molar-refractivity contribution >= 4 is 0 Å². The molecule has 1 aromatic carbocycles. The summed E-state index contributed by atoms with van der Waals surface area (Å²) in [6.07, 6.45) is 1.04. The Hall–Kier alpha value is -1.26. The number of fused-ring (bicyclic) bond motifs is 1. The Bertz CT molecular complexity index is 388. The molecular formula is C12H15NO3. The first kappa shape index (κ1) is 9.93. The highest BCUT2D eigenvalue weighted by molar-refractivity contribution is 5.45. The van der Waals surface area contributed by atoms with E-state index >= 15 is 0 Å². The molecule has 0 aliphatic carbocycles. The molecule has 4 heteroatoms. The molecule has 86 valence electrons. The number of rotatable bonds is 2. The van der Waals surface area contributed by atoms with Crippen LogP contribution in [0.15, 0.2) is 18.2 Å². The average molecular weight is 221 g/mol. The number of hydrogen-bond acceptors (Lipinski definition) is 4. The lowest BCUT2D eigenvalue weighted by molar-refractivity contribution is 0.173. The van der Waals surface area contributed by atoms with Gasteiger partial charge < -0.3 is 19.9 Å². The fraction of sp³-hybridized carbons (Fsp3) is 0.500. The molecule has 2 aliphatic rings. The second kappa shape index (κ2) is 3.96. The zero-order valence-electron chi connectivity index (χ0n) is 9.02. The van der Waals surface area contributed by atoms with E-state index in [1.54, 1.807) is 0 Å². The van der Waals surface area contributed by atoms with E-state index in [0.29, 0.717) is 12.7 Å². The van der Waals surface area contributed by atoms with Crippen LogP contribution in [0.2, 0.25) is 0 Å². The van der Waals surface area contributed by atoms with Crippen molar-refractivity contribution in [1.29, 1.82) is 0 Å². The monoisotopic (exact) mass is 221 g/mol. The zero-order chi connectivity index (χ0) is 11.0. The summed E-state index contributed by atoms with van der Waals surface area (Å²) in [5.74, 6) is 2.02. The summed E-state index contributed by atoms with van der Waals surface area (Å²) in [6.45, 7) is 1.89. The fourth-order valence-corrected chi connectivity index (χ4v) is 2.23. The maximum Gasteiger partial charge on any atom is 0.231 e.